The molecule has 0 N–H and O–H groups in total. The summed E-state index contributed by atoms with van der Waals surface area (Å²) in [6, 6.07) is 6.43. The Bertz CT molecular complexity index is 1040. The van der Waals surface area contributed by atoms with Crippen LogP contribution in [0.5, 0.6) is 0 Å². The van der Waals surface area contributed by atoms with E-state index in [9.17, 15) is 18.0 Å². The Morgan fingerprint density at radius 2 is 1.81 bits per heavy atom. The molecule has 3 heterocycles. The van der Waals surface area contributed by atoms with Crippen LogP contribution in [-0.4, -0.2) is 77.2 Å². The van der Waals surface area contributed by atoms with E-state index in [1.165, 1.54) is 27.2 Å². The summed E-state index contributed by atoms with van der Waals surface area (Å²) in [5, 5.41) is 0. The van der Waals surface area contributed by atoms with Crippen molar-refractivity contribution in [1.82, 2.24) is 23.7 Å². The zero-order valence-electron chi connectivity index (χ0n) is 18.0. The smallest absolute Gasteiger partial charge is 0.251 e. The minimum atomic E-state index is -3.70. The summed E-state index contributed by atoms with van der Waals surface area (Å²) in [6.45, 7) is 7.36. The van der Waals surface area contributed by atoms with Gasteiger partial charge in [0.15, 0.2) is 0 Å². The van der Waals surface area contributed by atoms with Crippen LogP contribution in [0.4, 0.5) is 0 Å². The van der Waals surface area contributed by atoms with Gasteiger partial charge in [0.1, 0.15) is 6.54 Å². The maximum atomic E-state index is 12.8. The lowest BCUT2D eigenvalue weighted by atomic mass is 10.2. The summed E-state index contributed by atoms with van der Waals surface area (Å²) in [5.41, 5.74) is 0.724. The highest BCUT2D eigenvalue weighted by atomic mass is 32.2. The number of nitrogens with zero attached hydrogens (tertiary/aromatic N) is 5. The number of hydrogen-bond acceptors (Lipinski definition) is 6. The van der Waals surface area contributed by atoms with Gasteiger partial charge in [0.25, 0.3) is 5.56 Å². The first-order valence-corrected chi connectivity index (χ1v) is 11.9. The lowest BCUT2D eigenvalue weighted by molar-refractivity contribution is -0.133. The highest BCUT2D eigenvalue weighted by molar-refractivity contribution is 7.89. The average Bonchev–Trinajstić information content (AvgIpc) is 2.77. The molecule has 0 unspecified atom stereocenters. The van der Waals surface area contributed by atoms with E-state index in [4.69, 9.17) is 0 Å². The number of hydrogen-bond donors (Lipinski definition) is 0. The van der Waals surface area contributed by atoms with Gasteiger partial charge in [-0.15, -0.1) is 0 Å². The first-order valence-electron chi connectivity index (χ1n) is 10.4. The second kappa shape index (κ2) is 10.2. The molecule has 1 amide bonds. The summed E-state index contributed by atoms with van der Waals surface area (Å²) >= 11 is 0. The van der Waals surface area contributed by atoms with E-state index in [0.29, 0.717) is 26.2 Å². The van der Waals surface area contributed by atoms with Crippen molar-refractivity contribution in [3.63, 3.8) is 0 Å². The van der Waals surface area contributed by atoms with Gasteiger partial charge in [-0.25, -0.2) is 8.42 Å². The lowest BCUT2D eigenvalue weighted by Crippen LogP contribution is -2.49. The Hall–Kier alpha value is -2.56. The van der Waals surface area contributed by atoms with Gasteiger partial charge in [-0.1, -0.05) is 19.9 Å². The van der Waals surface area contributed by atoms with Crippen LogP contribution in [0.2, 0.25) is 0 Å². The number of amides is 1. The van der Waals surface area contributed by atoms with Crippen LogP contribution >= 0.6 is 0 Å². The molecule has 1 saturated heterocycles. The van der Waals surface area contributed by atoms with Gasteiger partial charge in [-0.05, 0) is 17.7 Å². The van der Waals surface area contributed by atoms with E-state index < -0.39 is 15.6 Å². The second-order valence-corrected chi connectivity index (χ2v) is 9.38. The SMILES string of the molecule is CCN(CC)S(=O)(=O)c1ccc(=O)n(CC(=O)N2CCN(Cc3cccnc3)CC2)c1. The standard InChI is InChI=1S/C21H29N5O4S/c1-3-26(4-2)31(29,30)19-7-8-20(27)25(16-19)17-21(28)24-12-10-23(11-13-24)15-18-6-5-9-22-14-18/h5-9,14,16H,3-4,10-13,15,17H2,1-2H3. The van der Waals surface area contributed by atoms with E-state index in [2.05, 4.69) is 9.88 Å². The highest BCUT2D eigenvalue weighted by Gasteiger charge is 2.24. The number of aromatic nitrogens is 2. The molecular weight excluding hydrogens is 418 g/mol. The molecule has 0 aliphatic carbocycles. The molecule has 0 bridgehead atoms. The van der Waals surface area contributed by atoms with Crippen molar-refractivity contribution in [2.24, 2.45) is 0 Å². The highest BCUT2D eigenvalue weighted by Crippen LogP contribution is 2.14. The van der Waals surface area contributed by atoms with Crippen molar-refractivity contribution in [2.45, 2.75) is 31.8 Å². The van der Waals surface area contributed by atoms with Crippen molar-refractivity contribution < 1.29 is 13.2 Å². The van der Waals surface area contributed by atoms with E-state index in [1.54, 1.807) is 24.9 Å². The number of pyridine rings is 2. The van der Waals surface area contributed by atoms with Crippen molar-refractivity contribution >= 4 is 15.9 Å². The normalized spacial score (nSPS) is 15.4. The Balaban J connectivity index is 1.64. The van der Waals surface area contributed by atoms with Crippen molar-refractivity contribution in [1.29, 1.82) is 0 Å². The van der Waals surface area contributed by atoms with Gasteiger partial charge < -0.3 is 9.47 Å². The molecule has 3 rings (SSSR count). The summed E-state index contributed by atoms with van der Waals surface area (Å²) in [6.07, 6.45) is 4.85. The van der Waals surface area contributed by atoms with Crippen molar-refractivity contribution in [3.8, 4) is 0 Å². The van der Waals surface area contributed by atoms with E-state index in [0.717, 1.165) is 25.2 Å². The predicted octanol–water partition coefficient (Wildman–Crippen LogP) is 0.618. The Labute approximate surface area is 183 Å². The predicted molar refractivity (Wildman–Crippen MR) is 117 cm³/mol. The molecule has 9 nitrogen and oxygen atoms in total. The van der Waals surface area contributed by atoms with Crippen molar-refractivity contribution in [3.05, 3.63) is 58.8 Å². The Morgan fingerprint density at radius 3 is 2.42 bits per heavy atom. The van der Waals surface area contributed by atoms with Crippen LogP contribution in [0.15, 0.2) is 52.5 Å². The topological polar surface area (TPSA) is 95.8 Å². The van der Waals surface area contributed by atoms with Crippen LogP contribution in [-0.2, 0) is 27.9 Å². The van der Waals surface area contributed by atoms with Crippen LogP contribution in [0, 0.1) is 0 Å². The van der Waals surface area contributed by atoms with Gasteiger partial charge >= 0.3 is 0 Å². The summed E-state index contributed by atoms with van der Waals surface area (Å²) in [5.74, 6) is -0.194. The number of rotatable bonds is 8. The van der Waals surface area contributed by atoms with Gasteiger partial charge in [0, 0.05) is 70.5 Å². The van der Waals surface area contributed by atoms with Crippen LogP contribution in [0.3, 0.4) is 0 Å². The fraction of sp³-hybridized carbons (Fsp3) is 0.476. The van der Waals surface area contributed by atoms with Gasteiger partial charge in [-0.3, -0.25) is 19.5 Å². The molecule has 0 aromatic carbocycles. The summed E-state index contributed by atoms with van der Waals surface area (Å²) in [4.78, 5) is 33.1. The Kier molecular flexibility index (Phi) is 7.58. The maximum absolute atomic E-state index is 12.8. The molecule has 168 valence electrons. The first-order chi connectivity index (χ1) is 14.8. The zero-order chi connectivity index (χ0) is 22.4. The lowest BCUT2D eigenvalue weighted by Gasteiger charge is -2.34. The largest absolute Gasteiger partial charge is 0.339 e. The second-order valence-electron chi connectivity index (χ2n) is 7.44. The minimum absolute atomic E-state index is 0.0184. The fourth-order valence-corrected chi connectivity index (χ4v) is 5.13. The molecule has 0 radical (unpaired) electrons. The third-order valence-corrected chi connectivity index (χ3v) is 7.49. The van der Waals surface area contributed by atoms with Gasteiger partial charge in [-0.2, -0.15) is 4.31 Å². The molecule has 2 aromatic rings. The molecule has 0 atom stereocenters. The summed E-state index contributed by atoms with van der Waals surface area (Å²) < 4.78 is 28.0. The van der Waals surface area contributed by atoms with Crippen LogP contribution in [0.25, 0.3) is 0 Å². The molecule has 0 spiro atoms. The monoisotopic (exact) mass is 447 g/mol. The molecule has 1 aliphatic heterocycles. The molecule has 1 aliphatic rings. The molecule has 10 heteroatoms. The molecular formula is C21H29N5O4S. The molecule has 1 fully saturated rings. The third-order valence-electron chi connectivity index (χ3n) is 5.46. The minimum Gasteiger partial charge on any atom is -0.339 e. The quantitative estimate of drug-likeness (QED) is 0.589. The molecule has 0 saturated carbocycles. The van der Waals surface area contributed by atoms with E-state index in [-0.39, 0.29) is 17.3 Å². The zero-order valence-corrected chi connectivity index (χ0v) is 18.8. The van der Waals surface area contributed by atoms with E-state index in [1.807, 2.05) is 18.3 Å². The Morgan fingerprint density at radius 1 is 1.10 bits per heavy atom. The third kappa shape index (κ3) is 5.57. The summed E-state index contributed by atoms with van der Waals surface area (Å²) in [7, 11) is -3.70. The number of sulfonamides is 1. The van der Waals surface area contributed by atoms with Crippen LogP contribution < -0.4 is 5.56 Å². The molecule has 2 aromatic heterocycles. The molecule has 31 heavy (non-hydrogen) atoms. The van der Waals surface area contributed by atoms with Gasteiger partial charge in [0.2, 0.25) is 15.9 Å². The average molecular weight is 448 g/mol. The van der Waals surface area contributed by atoms with Crippen molar-refractivity contribution in [2.75, 3.05) is 39.3 Å². The number of piperazine rings is 1. The fourth-order valence-electron chi connectivity index (χ4n) is 3.65. The number of carbonyl (C=O) groups is 1. The maximum Gasteiger partial charge on any atom is 0.251 e. The van der Waals surface area contributed by atoms with Gasteiger partial charge in [0.05, 0.1) is 4.90 Å². The van der Waals surface area contributed by atoms with Crippen LogP contribution in [0.1, 0.15) is 19.4 Å². The van der Waals surface area contributed by atoms with E-state index >= 15 is 0 Å². The first kappa shape index (κ1) is 23.1. The number of carbonyl (C=O) groups excluding carboxylic acids is 1.